The molecular weight excluding hydrogens is 272 g/mol. The third kappa shape index (κ3) is 5.23. The first-order chi connectivity index (χ1) is 10.0. The molecule has 0 unspecified atom stereocenters. The van der Waals surface area contributed by atoms with Gasteiger partial charge >= 0.3 is 0 Å². The average Bonchev–Trinajstić information content (AvgIpc) is 2.46. The van der Waals surface area contributed by atoms with Crippen LogP contribution in [0, 0.1) is 11.5 Å². The van der Waals surface area contributed by atoms with Crippen molar-refractivity contribution in [1.82, 2.24) is 0 Å². The SMILES string of the molecule is C[Si](C)(C)C#Cc1ccccc1N=C=Nc1ccccc1. The van der Waals surface area contributed by atoms with Crippen molar-refractivity contribution in [2.45, 2.75) is 19.6 Å². The molecule has 2 aromatic carbocycles. The lowest BCUT2D eigenvalue weighted by Crippen LogP contribution is -2.16. The maximum atomic E-state index is 4.30. The van der Waals surface area contributed by atoms with Crippen LogP contribution in [-0.4, -0.2) is 14.1 Å². The third-order valence-corrected chi connectivity index (χ3v) is 3.46. The number of benzene rings is 2. The maximum Gasteiger partial charge on any atom is 0.129 e. The Morgan fingerprint density at radius 3 is 2.19 bits per heavy atom. The second-order valence-corrected chi connectivity index (χ2v) is 10.4. The van der Waals surface area contributed by atoms with E-state index in [0.717, 1.165) is 16.9 Å². The van der Waals surface area contributed by atoms with Crippen LogP contribution in [0.1, 0.15) is 5.56 Å². The monoisotopic (exact) mass is 290 g/mol. The van der Waals surface area contributed by atoms with E-state index in [1.807, 2.05) is 54.6 Å². The molecule has 0 aliphatic rings. The molecule has 0 aliphatic carbocycles. The normalized spacial score (nSPS) is 10.0. The van der Waals surface area contributed by atoms with Gasteiger partial charge in [0, 0.05) is 0 Å². The molecule has 3 heteroatoms. The van der Waals surface area contributed by atoms with Crippen molar-refractivity contribution in [3.8, 4) is 11.5 Å². The topological polar surface area (TPSA) is 24.7 Å². The maximum absolute atomic E-state index is 4.30. The number of nitrogens with zero attached hydrogens (tertiary/aromatic N) is 2. The molecule has 0 saturated carbocycles. The Balaban J connectivity index is 2.28. The highest BCUT2D eigenvalue weighted by Crippen LogP contribution is 2.17. The summed E-state index contributed by atoms with van der Waals surface area (Å²) in [5, 5.41) is 0. The van der Waals surface area contributed by atoms with Crippen LogP contribution in [-0.2, 0) is 0 Å². The molecule has 0 bridgehead atoms. The molecule has 2 aromatic rings. The van der Waals surface area contributed by atoms with Crippen LogP contribution < -0.4 is 0 Å². The first-order valence-corrected chi connectivity index (χ1v) is 10.4. The Hall–Kier alpha value is -2.40. The summed E-state index contributed by atoms with van der Waals surface area (Å²) in [6.45, 7) is 6.67. The van der Waals surface area contributed by atoms with Crippen molar-refractivity contribution in [1.29, 1.82) is 0 Å². The summed E-state index contributed by atoms with van der Waals surface area (Å²) in [7, 11) is -1.39. The molecule has 0 atom stereocenters. The minimum atomic E-state index is -1.39. The summed E-state index contributed by atoms with van der Waals surface area (Å²) in [6.07, 6.45) is 0. The lowest BCUT2D eigenvalue weighted by Gasteiger charge is -2.03. The van der Waals surface area contributed by atoms with Crippen molar-refractivity contribution in [3.05, 3.63) is 60.2 Å². The van der Waals surface area contributed by atoms with Crippen molar-refractivity contribution < 1.29 is 0 Å². The predicted octanol–water partition coefficient (Wildman–Crippen LogP) is 5.05. The van der Waals surface area contributed by atoms with Gasteiger partial charge in [-0.1, -0.05) is 55.9 Å². The first kappa shape index (κ1) is 15.0. The zero-order chi connectivity index (χ0) is 15.1. The van der Waals surface area contributed by atoms with Gasteiger partial charge in [0.2, 0.25) is 0 Å². The van der Waals surface area contributed by atoms with Gasteiger partial charge in [-0.2, -0.15) is 9.98 Å². The number of rotatable bonds is 2. The molecule has 0 heterocycles. The van der Waals surface area contributed by atoms with Gasteiger partial charge in [0.25, 0.3) is 0 Å². The molecule has 0 radical (unpaired) electrons. The molecular formula is C18H18N2Si. The fourth-order valence-electron chi connectivity index (χ4n) is 1.57. The Bertz CT molecular complexity index is 725. The summed E-state index contributed by atoms with van der Waals surface area (Å²) in [5.74, 6) is 3.24. The molecule has 0 saturated heterocycles. The molecule has 0 amide bonds. The Kier molecular flexibility index (Phi) is 4.89. The van der Waals surface area contributed by atoms with E-state index >= 15 is 0 Å². The molecule has 0 aliphatic heterocycles. The molecule has 104 valence electrons. The smallest absolute Gasteiger partial charge is 0.129 e. The van der Waals surface area contributed by atoms with E-state index in [9.17, 15) is 0 Å². The van der Waals surface area contributed by atoms with Gasteiger partial charge in [-0.3, -0.25) is 0 Å². The van der Waals surface area contributed by atoms with E-state index in [2.05, 4.69) is 47.1 Å². The second kappa shape index (κ2) is 6.85. The van der Waals surface area contributed by atoms with Gasteiger partial charge in [-0.15, -0.1) is 5.54 Å². The lowest BCUT2D eigenvalue weighted by molar-refractivity contribution is 1.47. The number of aliphatic imine (C=N–C) groups is 2. The molecule has 2 nitrogen and oxygen atoms in total. The quantitative estimate of drug-likeness (QED) is 0.420. The van der Waals surface area contributed by atoms with Gasteiger partial charge in [0.1, 0.15) is 14.1 Å². The highest BCUT2D eigenvalue weighted by atomic mass is 28.3. The Labute approximate surface area is 127 Å². The van der Waals surface area contributed by atoms with Gasteiger partial charge in [0.15, 0.2) is 0 Å². The number of hydrogen-bond donors (Lipinski definition) is 0. The molecule has 0 aromatic heterocycles. The van der Waals surface area contributed by atoms with Crippen LogP contribution in [0.2, 0.25) is 19.6 Å². The van der Waals surface area contributed by atoms with E-state index < -0.39 is 8.07 Å². The summed E-state index contributed by atoms with van der Waals surface area (Å²) < 4.78 is 0. The van der Waals surface area contributed by atoms with Crippen LogP contribution >= 0.6 is 0 Å². The zero-order valence-corrected chi connectivity index (χ0v) is 13.6. The summed E-state index contributed by atoms with van der Waals surface area (Å²) in [5.41, 5.74) is 5.93. The molecule has 0 N–H and O–H groups in total. The van der Waals surface area contributed by atoms with Crippen LogP contribution in [0.25, 0.3) is 0 Å². The van der Waals surface area contributed by atoms with E-state index in [4.69, 9.17) is 0 Å². The van der Waals surface area contributed by atoms with Crippen molar-refractivity contribution in [2.24, 2.45) is 9.98 Å². The minimum absolute atomic E-state index is 0.808. The fraction of sp³-hybridized carbons (Fsp3) is 0.167. The predicted molar refractivity (Wildman–Crippen MR) is 92.3 cm³/mol. The summed E-state index contributed by atoms with van der Waals surface area (Å²) in [4.78, 5) is 8.49. The average molecular weight is 290 g/mol. The minimum Gasteiger partial charge on any atom is -0.188 e. The van der Waals surface area contributed by atoms with E-state index in [1.54, 1.807) is 0 Å². The van der Waals surface area contributed by atoms with E-state index in [-0.39, 0.29) is 0 Å². The van der Waals surface area contributed by atoms with Crippen molar-refractivity contribution in [2.75, 3.05) is 0 Å². The molecule has 0 fully saturated rings. The second-order valence-electron chi connectivity index (χ2n) is 5.68. The highest BCUT2D eigenvalue weighted by molar-refractivity contribution is 6.83. The lowest BCUT2D eigenvalue weighted by atomic mass is 10.2. The van der Waals surface area contributed by atoms with Crippen LogP contribution in [0.4, 0.5) is 11.4 Å². The van der Waals surface area contributed by atoms with Crippen LogP contribution in [0.3, 0.4) is 0 Å². The van der Waals surface area contributed by atoms with E-state index in [1.165, 1.54) is 0 Å². The van der Waals surface area contributed by atoms with Crippen molar-refractivity contribution in [3.63, 3.8) is 0 Å². The van der Waals surface area contributed by atoms with Crippen LogP contribution in [0.15, 0.2) is 64.6 Å². The van der Waals surface area contributed by atoms with Crippen molar-refractivity contribution >= 4 is 25.5 Å². The fourth-order valence-corrected chi connectivity index (χ4v) is 2.08. The van der Waals surface area contributed by atoms with Gasteiger partial charge in [0.05, 0.1) is 16.9 Å². The number of para-hydroxylation sites is 2. The standard InChI is InChI=1S/C18H18N2Si/c1-21(2,3)14-13-16-9-7-8-12-18(16)20-15-19-17-10-5-4-6-11-17/h4-12H,1-3H3. The summed E-state index contributed by atoms with van der Waals surface area (Å²) >= 11 is 0. The Morgan fingerprint density at radius 1 is 0.810 bits per heavy atom. The summed E-state index contributed by atoms with van der Waals surface area (Å²) in [6, 6.07) is 20.2. The largest absolute Gasteiger partial charge is 0.188 e. The molecule has 2 rings (SSSR count). The molecule has 0 spiro atoms. The Morgan fingerprint density at radius 2 is 1.48 bits per heavy atom. The van der Waals surface area contributed by atoms with Gasteiger partial charge in [-0.05, 0) is 24.3 Å². The van der Waals surface area contributed by atoms with Crippen LogP contribution in [0.5, 0.6) is 0 Å². The third-order valence-electron chi connectivity index (χ3n) is 2.58. The van der Waals surface area contributed by atoms with Gasteiger partial charge < -0.3 is 0 Å². The number of hydrogen-bond acceptors (Lipinski definition) is 2. The zero-order valence-electron chi connectivity index (χ0n) is 12.6. The van der Waals surface area contributed by atoms with Gasteiger partial charge in [-0.25, -0.2) is 0 Å². The highest BCUT2D eigenvalue weighted by Gasteiger charge is 2.07. The molecule has 21 heavy (non-hydrogen) atoms. The first-order valence-electron chi connectivity index (χ1n) is 6.88. The van der Waals surface area contributed by atoms with E-state index in [0.29, 0.717) is 0 Å².